The molecule has 0 saturated carbocycles. The molecule has 1 aromatic heterocycles. The van der Waals surface area contributed by atoms with Crippen LogP contribution in [0.2, 0.25) is 0 Å². The van der Waals surface area contributed by atoms with E-state index >= 15 is 0 Å². The molecule has 1 saturated heterocycles. The Morgan fingerprint density at radius 2 is 2.17 bits per heavy atom. The first-order valence-electron chi connectivity index (χ1n) is 7.36. The molecule has 0 radical (unpaired) electrons. The maximum absolute atomic E-state index is 11.9. The van der Waals surface area contributed by atoms with Gasteiger partial charge in [-0.3, -0.25) is 14.3 Å². The molecular weight excluding hydrogens is 339 g/mol. The van der Waals surface area contributed by atoms with Crippen molar-refractivity contribution in [2.24, 2.45) is 0 Å². The maximum atomic E-state index is 11.9. The average molecular weight is 358 g/mol. The number of aliphatic hydroxyl groups excluding tert-OH is 2. The van der Waals surface area contributed by atoms with E-state index < -0.39 is 38.1 Å². The summed E-state index contributed by atoms with van der Waals surface area (Å²) < 4.78 is 6.52. The summed E-state index contributed by atoms with van der Waals surface area (Å²) in [5.74, 6) is 5.37. The smallest absolute Gasteiger partial charge is 0.330 e. The van der Waals surface area contributed by atoms with Crippen LogP contribution in [0.4, 0.5) is 0 Å². The van der Waals surface area contributed by atoms with Crippen LogP contribution in [0.1, 0.15) is 31.1 Å². The molecular formula is C14H19N2O7P. The number of hydrogen-bond acceptors (Lipinski definition) is 7. The number of aliphatic hydroxyl groups is 2. The molecule has 0 spiro atoms. The number of ether oxygens (including phenoxy) is 1. The summed E-state index contributed by atoms with van der Waals surface area (Å²) >= 11 is 0. The highest BCUT2D eigenvalue weighted by Gasteiger charge is 2.35. The van der Waals surface area contributed by atoms with Gasteiger partial charge in [0, 0.05) is 25.2 Å². The van der Waals surface area contributed by atoms with Gasteiger partial charge in [-0.2, -0.15) is 0 Å². The quantitative estimate of drug-likeness (QED) is 0.247. The Balaban J connectivity index is 2.16. The highest BCUT2D eigenvalue weighted by Crippen LogP contribution is 2.27. The number of nitrogens with zero attached hydrogens (tertiary/aromatic N) is 1. The first-order chi connectivity index (χ1) is 11.4. The van der Waals surface area contributed by atoms with E-state index in [1.54, 1.807) is 0 Å². The second kappa shape index (κ2) is 8.53. The van der Waals surface area contributed by atoms with Gasteiger partial charge in [0.05, 0.1) is 12.7 Å². The van der Waals surface area contributed by atoms with Gasteiger partial charge in [-0.15, -0.1) is 0 Å². The third-order valence-corrected chi connectivity index (χ3v) is 4.26. The van der Waals surface area contributed by atoms with Crippen LogP contribution in [-0.4, -0.2) is 54.5 Å². The summed E-state index contributed by atoms with van der Waals surface area (Å²) in [6, 6.07) is 0. The Bertz CT molecular complexity index is 733. The Hall–Kier alpha value is -1.53. The van der Waals surface area contributed by atoms with E-state index in [9.17, 15) is 14.7 Å². The highest BCUT2D eigenvalue weighted by molar-refractivity contribution is 7.45. The fraction of sp³-hybridized carbons (Fsp3) is 0.571. The van der Waals surface area contributed by atoms with Crippen LogP contribution in [-0.2, 0) is 4.74 Å². The molecule has 132 valence electrons. The molecule has 0 aliphatic carbocycles. The fourth-order valence-corrected chi connectivity index (χ4v) is 2.75. The molecule has 3 atom stereocenters. The van der Waals surface area contributed by atoms with Crippen molar-refractivity contribution < 1.29 is 24.7 Å². The van der Waals surface area contributed by atoms with Crippen molar-refractivity contribution in [3.63, 3.8) is 0 Å². The summed E-state index contributed by atoms with van der Waals surface area (Å²) in [4.78, 5) is 43.4. The molecule has 5 N–H and O–H groups in total. The zero-order chi connectivity index (χ0) is 17.7. The molecule has 2 heterocycles. The van der Waals surface area contributed by atoms with E-state index in [0.29, 0.717) is 12.8 Å². The maximum Gasteiger partial charge on any atom is 0.330 e. The summed E-state index contributed by atoms with van der Waals surface area (Å²) in [5, 5.41) is 18.8. The van der Waals surface area contributed by atoms with Crippen LogP contribution < -0.4 is 11.2 Å². The minimum atomic E-state index is -1.95. The predicted molar refractivity (Wildman–Crippen MR) is 85.3 cm³/mol. The standard InChI is InChI=1S/C14H19N2O7P/c17-8-11-10(18)6-12(23-11)16-7-9(13(19)15-14(16)20)4-2-1-3-5-24(21)22/h7,10-12,17-18,21-22H,1,3,5-6,8H2,(H,15,19,20). The zero-order valence-electron chi connectivity index (χ0n) is 12.8. The molecule has 24 heavy (non-hydrogen) atoms. The Morgan fingerprint density at radius 1 is 1.42 bits per heavy atom. The number of nitrogens with one attached hydrogen (secondary N) is 1. The topological polar surface area (TPSA) is 145 Å². The van der Waals surface area contributed by atoms with Crippen LogP contribution in [0.25, 0.3) is 0 Å². The van der Waals surface area contributed by atoms with E-state index in [2.05, 4.69) is 16.8 Å². The van der Waals surface area contributed by atoms with E-state index in [-0.39, 0.29) is 24.8 Å². The third-order valence-electron chi connectivity index (χ3n) is 3.55. The lowest BCUT2D eigenvalue weighted by molar-refractivity contribution is -0.0459. The molecule has 9 nitrogen and oxygen atoms in total. The predicted octanol–water partition coefficient (Wildman–Crippen LogP) is -1.39. The second-order valence-electron chi connectivity index (χ2n) is 5.33. The lowest BCUT2D eigenvalue weighted by Gasteiger charge is -2.14. The number of H-pyrrole nitrogens is 1. The number of hydrogen-bond donors (Lipinski definition) is 5. The molecule has 2 rings (SSSR count). The molecule has 0 amide bonds. The first-order valence-corrected chi connectivity index (χ1v) is 8.79. The van der Waals surface area contributed by atoms with Crippen molar-refractivity contribution >= 4 is 8.38 Å². The van der Waals surface area contributed by atoms with Crippen LogP contribution in [0, 0.1) is 11.8 Å². The Kier molecular flexibility index (Phi) is 6.69. The van der Waals surface area contributed by atoms with Crippen molar-refractivity contribution in [1.29, 1.82) is 0 Å². The van der Waals surface area contributed by atoms with Crippen molar-refractivity contribution in [1.82, 2.24) is 9.55 Å². The van der Waals surface area contributed by atoms with Crippen molar-refractivity contribution in [3.8, 4) is 11.8 Å². The van der Waals surface area contributed by atoms with E-state index in [1.807, 2.05) is 0 Å². The van der Waals surface area contributed by atoms with E-state index in [1.165, 1.54) is 6.20 Å². The highest BCUT2D eigenvalue weighted by atomic mass is 31.2. The van der Waals surface area contributed by atoms with Crippen LogP contribution >= 0.6 is 8.38 Å². The molecule has 10 heteroatoms. The molecule has 0 bridgehead atoms. The first kappa shape index (κ1) is 18.8. The van der Waals surface area contributed by atoms with Crippen LogP contribution in [0.15, 0.2) is 15.8 Å². The van der Waals surface area contributed by atoms with Gasteiger partial charge in [0.25, 0.3) is 5.56 Å². The summed E-state index contributed by atoms with van der Waals surface area (Å²) in [6.07, 6.45) is 0.000690. The lowest BCUT2D eigenvalue weighted by Crippen LogP contribution is -2.33. The fourth-order valence-electron chi connectivity index (χ4n) is 2.31. The summed E-state index contributed by atoms with van der Waals surface area (Å²) in [7, 11) is -1.95. The molecule has 0 aromatic carbocycles. The minimum Gasteiger partial charge on any atom is -0.394 e. The van der Waals surface area contributed by atoms with E-state index in [0.717, 1.165) is 4.57 Å². The second-order valence-corrected chi connectivity index (χ2v) is 6.52. The van der Waals surface area contributed by atoms with Crippen LogP contribution in [0.5, 0.6) is 0 Å². The number of rotatable bonds is 5. The zero-order valence-corrected chi connectivity index (χ0v) is 13.6. The summed E-state index contributed by atoms with van der Waals surface area (Å²) in [6.45, 7) is -0.374. The molecule has 1 fully saturated rings. The lowest BCUT2D eigenvalue weighted by atomic mass is 10.2. The van der Waals surface area contributed by atoms with Gasteiger partial charge >= 0.3 is 5.69 Å². The number of aromatic nitrogens is 2. The van der Waals surface area contributed by atoms with Gasteiger partial charge in [-0.05, 0) is 6.42 Å². The van der Waals surface area contributed by atoms with Gasteiger partial charge in [0.1, 0.15) is 17.9 Å². The largest absolute Gasteiger partial charge is 0.394 e. The monoisotopic (exact) mass is 358 g/mol. The average Bonchev–Trinajstić information content (AvgIpc) is 2.89. The third kappa shape index (κ3) is 4.74. The molecule has 1 aliphatic heterocycles. The van der Waals surface area contributed by atoms with Gasteiger partial charge in [-0.1, -0.05) is 11.8 Å². The minimum absolute atomic E-state index is 0.0652. The van der Waals surface area contributed by atoms with Gasteiger partial charge < -0.3 is 24.7 Å². The van der Waals surface area contributed by atoms with Gasteiger partial charge in [-0.25, -0.2) is 4.79 Å². The molecule has 1 aliphatic rings. The summed E-state index contributed by atoms with van der Waals surface area (Å²) in [5.41, 5.74) is -1.25. The van der Waals surface area contributed by atoms with E-state index in [4.69, 9.17) is 19.6 Å². The SMILES string of the molecule is O=c1[nH]c(=O)n(C2CC(O)C(CO)O2)cc1C#CCCCP(O)O. The van der Waals surface area contributed by atoms with Gasteiger partial charge in [0.15, 0.2) is 8.38 Å². The van der Waals surface area contributed by atoms with Gasteiger partial charge in [0.2, 0.25) is 0 Å². The van der Waals surface area contributed by atoms with Crippen molar-refractivity contribution in [2.75, 3.05) is 12.8 Å². The number of aromatic amines is 1. The normalized spacial score (nSPS) is 23.3. The molecule has 1 aromatic rings. The number of unbranched alkanes of at least 4 members (excludes halogenated alkanes) is 1. The van der Waals surface area contributed by atoms with Crippen molar-refractivity contribution in [2.45, 2.75) is 37.7 Å². The van der Waals surface area contributed by atoms with Crippen LogP contribution in [0.3, 0.4) is 0 Å². The van der Waals surface area contributed by atoms with Crippen molar-refractivity contribution in [3.05, 3.63) is 32.6 Å². The molecule has 3 unspecified atom stereocenters. The Morgan fingerprint density at radius 3 is 2.79 bits per heavy atom. The Labute approximate surface area is 138 Å².